The van der Waals surface area contributed by atoms with Crippen LogP contribution in [0.3, 0.4) is 0 Å². The van der Waals surface area contributed by atoms with E-state index in [1.807, 2.05) is 64.1 Å². The van der Waals surface area contributed by atoms with Gasteiger partial charge in [-0.25, -0.2) is 9.78 Å². The van der Waals surface area contributed by atoms with E-state index < -0.39 is 5.60 Å². The van der Waals surface area contributed by atoms with Crippen molar-refractivity contribution in [2.75, 3.05) is 11.4 Å². The Labute approximate surface area is 160 Å². The van der Waals surface area contributed by atoms with Gasteiger partial charge in [-0.1, -0.05) is 32.1 Å². The zero-order valence-corrected chi connectivity index (χ0v) is 17.3. The van der Waals surface area contributed by atoms with Gasteiger partial charge >= 0.3 is 6.09 Å². The molecular formula is C21H28N2O2S. The lowest BCUT2D eigenvalue weighted by atomic mass is 10.1. The minimum absolute atomic E-state index is 0.331. The van der Waals surface area contributed by atoms with Gasteiger partial charge in [0.2, 0.25) is 0 Å². The van der Waals surface area contributed by atoms with Crippen LogP contribution in [0.1, 0.15) is 63.7 Å². The van der Waals surface area contributed by atoms with E-state index in [0.717, 1.165) is 22.0 Å². The SMILES string of the molecule is CCN(C(=O)OC(C)(C)C)c1cccc(/C=C/c2nc(C(C)C)cs2)c1. The van der Waals surface area contributed by atoms with Crippen molar-refractivity contribution in [1.29, 1.82) is 0 Å². The summed E-state index contributed by atoms with van der Waals surface area (Å²) in [4.78, 5) is 18.7. The number of rotatable bonds is 5. The van der Waals surface area contributed by atoms with Crippen LogP contribution in [0.25, 0.3) is 12.2 Å². The first-order valence-corrected chi connectivity index (χ1v) is 9.81. The van der Waals surface area contributed by atoms with E-state index in [2.05, 4.69) is 24.2 Å². The minimum atomic E-state index is -0.513. The smallest absolute Gasteiger partial charge is 0.414 e. The summed E-state index contributed by atoms with van der Waals surface area (Å²) in [5.74, 6) is 0.434. The number of hydrogen-bond acceptors (Lipinski definition) is 4. The lowest BCUT2D eigenvalue weighted by molar-refractivity contribution is 0.0582. The summed E-state index contributed by atoms with van der Waals surface area (Å²) in [7, 11) is 0. The predicted molar refractivity (Wildman–Crippen MR) is 111 cm³/mol. The normalized spacial score (nSPS) is 12.0. The lowest BCUT2D eigenvalue weighted by Crippen LogP contribution is -2.36. The molecule has 0 aliphatic rings. The highest BCUT2D eigenvalue weighted by molar-refractivity contribution is 7.10. The second-order valence-corrected chi connectivity index (χ2v) is 8.31. The number of aromatic nitrogens is 1. The van der Waals surface area contributed by atoms with E-state index >= 15 is 0 Å². The molecule has 0 fully saturated rings. The summed E-state index contributed by atoms with van der Waals surface area (Å²) in [5, 5.41) is 3.08. The number of carbonyl (C=O) groups excluding carboxylic acids is 1. The van der Waals surface area contributed by atoms with Crippen LogP contribution in [-0.2, 0) is 4.74 Å². The number of ether oxygens (including phenoxy) is 1. The van der Waals surface area contributed by atoms with Gasteiger partial charge in [0.1, 0.15) is 10.6 Å². The van der Waals surface area contributed by atoms with E-state index in [4.69, 9.17) is 4.74 Å². The Balaban J connectivity index is 2.17. The van der Waals surface area contributed by atoms with Gasteiger partial charge in [-0.3, -0.25) is 4.90 Å². The molecule has 0 bridgehead atoms. The highest BCUT2D eigenvalue weighted by Gasteiger charge is 2.22. The first-order valence-electron chi connectivity index (χ1n) is 8.93. The molecule has 1 heterocycles. The molecule has 0 spiro atoms. The van der Waals surface area contributed by atoms with E-state index in [-0.39, 0.29) is 6.09 Å². The van der Waals surface area contributed by atoms with Crippen LogP contribution in [0.15, 0.2) is 29.6 Å². The third-order valence-corrected chi connectivity index (χ3v) is 4.49. The molecular weight excluding hydrogens is 344 g/mol. The Morgan fingerprint density at radius 1 is 1.31 bits per heavy atom. The van der Waals surface area contributed by atoms with Gasteiger partial charge in [0.15, 0.2) is 0 Å². The molecule has 26 heavy (non-hydrogen) atoms. The topological polar surface area (TPSA) is 42.4 Å². The molecule has 1 aromatic carbocycles. The van der Waals surface area contributed by atoms with Crippen LogP contribution in [0.4, 0.5) is 10.5 Å². The fraction of sp³-hybridized carbons (Fsp3) is 0.429. The van der Waals surface area contributed by atoms with Crippen LogP contribution < -0.4 is 4.90 Å². The Morgan fingerprint density at radius 2 is 2.04 bits per heavy atom. The monoisotopic (exact) mass is 372 g/mol. The van der Waals surface area contributed by atoms with E-state index in [1.165, 1.54) is 0 Å². The molecule has 0 aliphatic heterocycles. The second kappa shape index (κ2) is 8.49. The molecule has 5 heteroatoms. The molecule has 0 radical (unpaired) electrons. The van der Waals surface area contributed by atoms with E-state index in [9.17, 15) is 4.79 Å². The maximum atomic E-state index is 12.4. The van der Waals surface area contributed by atoms with Gasteiger partial charge in [-0.05, 0) is 57.4 Å². The van der Waals surface area contributed by atoms with Gasteiger partial charge < -0.3 is 4.74 Å². The molecule has 2 aromatic rings. The molecule has 0 aliphatic carbocycles. The molecule has 4 nitrogen and oxygen atoms in total. The fourth-order valence-corrected chi connectivity index (χ4v) is 3.21. The first-order chi connectivity index (χ1) is 12.2. The Morgan fingerprint density at radius 3 is 2.62 bits per heavy atom. The summed E-state index contributed by atoms with van der Waals surface area (Å²) in [6.07, 6.45) is 3.71. The fourth-order valence-electron chi connectivity index (χ4n) is 2.34. The van der Waals surface area contributed by atoms with Gasteiger partial charge in [0.05, 0.1) is 5.69 Å². The molecule has 0 atom stereocenters. The quantitative estimate of drug-likeness (QED) is 0.627. The van der Waals surface area contributed by atoms with Gasteiger partial charge in [0, 0.05) is 17.6 Å². The number of carbonyl (C=O) groups is 1. The summed E-state index contributed by atoms with van der Waals surface area (Å²) in [6.45, 7) is 12.4. The maximum Gasteiger partial charge on any atom is 0.414 e. The van der Waals surface area contributed by atoms with Crippen molar-refractivity contribution in [3.8, 4) is 0 Å². The molecule has 0 unspecified atom stereocenters. The van der Waals surface area contributed by atoms with Crippen molar-refractivity contribution in [1.82, 2.24) is 4.98 Å². The lowest BCUT2D eigenvalue weighted by Gasteiger charge is -2.26. The average molecular weight is 373 g/mol. The summed E-state index contributed by atoms with van der Waals surface area (Å²) < 4.78 is 5.50. The Hall–Kier alpha value is -2.14. The molecule has 0 saturated heterocycles. The van der Waals surface area contributed by atoms with Crippen LogP contribution in [0.5, 0.6) is 0 Å². The van der Waals surface area contributed by atoms with Gasteiger partial charge in [-0.2, -0.15) is 0 Å². The summed E-state index contributed by atoms with van der Waals surface area (Å²) in [6, 6.07) is 7.87. The maximum absolute atomic E-state index is 12.4. The van der Waals surface area contributed by atoms with Crippen LogP contribution in [0.2, 0.25) is 0 Å². The van der Waals surface area contributed by atoms with Crippen molar-refractivity contribution in [3.05, 3.63) is 45.9 Å². The average Bonchev–Trinajstić information content (AvgIpc) is 3.01. The van der Waals surface area contributed by atoms with E-state index in [1.54, 1.807) is 16.2 Å². The highest BCUT2D eigenvalue weighted by atomic mass is 32.1. The zero-order chi connectivity index (χ0) is 19.3. The number of amides is 1. The van der Waals surface area contributed by atoms with Gasteiger partial charge in [0.25, 0.3) is 0 Å². The highest BCUT2D eigenvalue weighted by Crippen LogP contribution is 2.22. The number of benzene rings is 1. The number of thiazole rings is 1. The second-order valence-electron chi connectivity index (χ2n) is 7.42. The molecule has 1 aromatic heterocycles. The third kappa shape index (κ3) is 5.70. The predicted octanol–water partition coefficient (Wildman–Crippen LogP) is 6.20. The van der Waals surface area contributed by atoms with Crippen LogP contribution >= 0.6 is 11.3 Å². The van der Waals surface area contributed by atoms with Crippen molar-refractivity contribution >= 4 is 35.3 Å². The number of nitrogens with zero attached hydrogens (tertiary/aromatic N) is 2. The van der Waals surface area contributed by atoms with Crippen molar-refractivity contribution in [2.45, 2.75) is 53.1 Å². The summed E-state index contributed by atoms with van der Waals surface area (Å²) >= 11 is 1.64. The third-order valence-electron chi connectivity index (χ3n) is 3.66. The first kappa shape index (κ1) is 20.2. The molecule has 0 saturated carbocycles. The zero-order valence-electron chi connectivity index (χ0n) is 16.4. The molecule has 0 N–H and O–H groups in total. The minimum Gasteiger partial charge on any atom is -0.443 e. The molecule has 140 valence electrons. The van der Waals surface area contributed by atoms with E-state index in [0.29, 0.717) is 12.5 Å². The number of hydrogen-bond donors (Lipinski definition) is 0. The Bertz CT molecular complexity index is 772. The Kier molecular flexibility index (Phi) is 6.59. The number of anilines is 1. The van der Waals surface area contributed by atoms with Crippen LogP contribution in [-0.4, -0.2) is 23.2 Å². The molecule has 1 amide bonds. The summed E-state index contributed by atoms with van der Waals surface area (Å²) in [5.41, 5.74) is 2.45. The van der Waals surface area contributed by atoms with Gasteiger partial charge in [-0.15, -0.1) is 11.3 Å². The van der Waals surface area contributed by atoms with Crippen molar-refractivity contribution in [2.24, 2.45) is 0 Å². The molecule has 2 rings (SSSR count). The largest absolute Gasteiger partial charge is 0.443 e. The van der Waals surface area contributed by atoms with Crippen molar-refractivity contribution < 1.29 is 9.53 Å². The van der Waals surface area contributed by atoms with Crippen molar-refractivity contribution in [3.63, 3.8) is 0 Å². The van der Waals surface area contributed by atoms with Crippen LogP contribution in [0, 0.1) is 0 Å². The standard InChI is InChI=1S/C21H28N2O2S/c1-7-23(20(24)25-21(4,5)6)17-10-8-9-16(13-17)11-12-19-22-18(14-26-19)15(2)3/h8-15H,7H2,1-6H3/b12-11+.